The molecule has 23 heavy (non-hydrogen) atoms. The van der Waals surface area contributed by atoms with Gasteiger partial charge in [0, 0.05) is 12.5 Å². The zero-order valence-corrected chi connectivity index (χ0v) is 13.7. The van der Waals surface area contributed by atoms with Crippen LogP contribution in [0, 0.1) is 11.8 Å². The van der Waals surface area contributed by atoms with Gasteiger partial charge in [0.1, 0.15) is 13.2 Å². The van der Waals surface area contributed by atoms with Gasteiger partial charge >= 0.3 is 0 Å². The van der Waals surface area contributed by atoms with Gasteiger partial charge in [-0.1, -0.05) is 12.5 Å². The van der Waals surface area contributed by atoms with E-state index < -0.39 is 6.10 Å². The minimum absolute atomic E-state index is 0.343. The topological polar surface area (TPSA) is 41.9 Å². The van der Waals surface area contributed by atoms with Crippen molar-refractivity contribution in [3.05, 3.63) is 23.8 Å². The van der Waals surface area contributed by atoms with E-state index in [0.29, 0.717) is 25.0 Å². The van der Waals surface area contributed by atoms with Crippen LogP contribution in [0.4, 0.5) is 0 Å². The van der Waals surface area contributed by atoms with Crippen molar-refractivity contribution in [1.29, 1.82) is 0 Å². The van der Waals surface area contributed by atoms with Crippen molar-refractivity contribution in [2.24, 2.45) is 11.8 Å². The van der Waals surface area contributed by atoms with Gasteiger partial charge in [-0.2, -0.15) is 0 Å². The highest BCUT2D eigenvalue weighted by Crippen LogP contribution is 2.44. The number of hydrogen-bond acceptors (Lipinski definition) is 4. The first-order chi connectivity index (χ1) is 11.3. The van der Waals surface area contributed by atoms with E-state index in [9.17, 15) is 5.11 Å². The molecule has 2 fully saturated rings. The molecule has 0 bridgehead atoms. The van der Waals surface area contributed by atoms with E-state index in [1.807, 2.05) is 18.2 Å². The number of benzene rings is 1. The maximum absolute atomic E-state index is 11.0. The van der Waals surface area contributed by atoms with Gasteiger partial charge < -0.3 is 19.5 Å². The van der Waals surface area contributed by atoms with Crippen LogP contribution >= 0.6 is 0 Å². The molecule has 4 nitrogen and oxygen atoms in total. The molecule has 4 heteroatoms. The van der Waals surface area contributed by atoms with Crippen LogP contribution in [0.1, 0.15) is 43.8 Å². The number of nitrogens with zero attached hydrogens (tertiary/aromatic N) is 1. The Bertz CT molecular complexity index is 537. The van der Waals surface area contributed by atoms with Crippen molar-refractivity contribution in [2.45, 2.75) is 38.2 Å². The zero-order chi connectivity index (χ0) is 15.6. The molecule has 0 spiro atoms. The minimum Gasteiger partial charge on any atom is -0.486 e. The third-order valence-corrected chi connectivity index (χ3v) is 5.46. The van der Waals surface area contributed by atoms with Crippen molar-refractivity contribution < 1.29 is 14.6 Å². The third-order valence-electron chi connectivity index (χ3n) is 5.46. The third kappa shape index (κ3) is 3.48. The molecular weight excluding hydrogens is 290 g/mol. The molecule has 1 saturated heterocycles. The van der Waals surface area contributed by atoms with Gasteiger partial charge in [0.25, 0.3) is 0 Å². The molecule has 1 aromatic carbocycles. The van der Waals surface area contributed by atoms with Crippen molar-refractivity contribution in [3.8, 4) is 11.5 Å². The normalized spacial score (nSPS) is 24.2. The number of rotatable bonds is 5. The molecule has 1 aromatic rings. The van der Waals surface area contributed by atoms with Crippen LogP contribution in [-0.4, -0.2) is 42.9 Å². The molecule has 2 atom stereocenters. The van der Waals surface area contributed by atoms with Crippen LogP contribution in [0.5, 0.6) is 11.5 Å². The number of likely N-dealkylation sites (tertiary alicyclic amines) is 1. The Morgan fingerprint density at radius 3 is 2.52 bits per heavy atom. The van der Waals surface area contributed by atoms with Crippen LogP contribution < -0.4 is 9.47 Å². The predicted octanol–water partition coefficient (Wildman–Crippen LogP) is 3.00. The summed E-state index contributed by atoms with van der Waals surface area (Å²) in [5.74, 6) is 2.60. The Balaban J connectivity index is 1.49. The van der Waals surface area contributed by atoms with E-state index in [2.05, 4.69) is 4.90 Å². The number of ether oxygens (including phenoxy) is 2. The van der Waals surface area contributed by atoms with Gasteiger partial charge in [-0.25, -0.2) is 0 Å². The Kier molecular flexibility index (Phi) is 4.45. The lowest BCUT2D eigenvalue weighted by Crippen LogP contribution is -2.37. The summed E-state index contributed by atoms with van der Waals surface area (Å²) < 4.78 is 11.3. The summed E-state index contributed by atoms with van der Waals surface area (Å²) in [7, 11) is 0. The van der Waals surface area contributed by atoms with Gasteiger partial charge in [-0.05, 0) is 62.4 Å². The molecule has 0 unspecified atom stereocenters. The van der Waals surface area contributed by atoms with Crippen LogP contribution in [0.2, 0.25) is 0 Å². The summed E-state index contributed by atoms with van der Waals surface area (Å²) >= 11 is 0. The van der Waals surface area contributed by atoms with Crippen molar-refractivity contribution in [3.63, 3.8) is 0 Å². The van der Waals surface area contributed by atoms with Gasteiger partial charge in [-0.3, -0.25) is 0 Å². The van der Waals surface area contributed by atoms with Gasteiger partial charge in [-0.15, -0.1) is 0 Å². The van der Waals surface area contributed by atoms with Crippen LogP contribution in [0.15, 0.2) is 18.2 Å². The Morgan fingerprint density at radius 2 is 1.78 bits per heavy atom. The summed E-state index contributed by atoms with van der Waals surface area (Å²) in [4.78, 5) is 2.55. The molecule has 126 valence electrons. The molecule has 2 aliphatic heterocycles. The second kappa shape index (κ2) is 6.70. The van der Waals surface area contributed by atoms with Crippen LogP contribution in [0.3, 0.4) is 0 Å². The molecule has 1 aliphatic carbocycles. The van der Waals surface area contributed by atoms with Crippen molar-refractivity contribution in [1.82, 2.24) is 4.90 Å². The monoisotopic (exact) mass is 317 g/mol. The fraction of sp³-hybridized carbons (Fsp3) is 0.684. The molecule has 0 radical (unpaired) electrons. The van der Waals surface area contributed by atoms with Crippen molar-refractivity contribution >= 4 is 0 Å². The number of hydrogen-bond donors (Lipinski definition) is 1. The lowest BCUT2D eigenvalue weighted by molar-refractivity contribution is 0.0603. The fourth-order valence-electron chi connectivity index (χ4n) is 3.96. The maximum Gasteiger partial charge on any atom is 0.161 e. The summed E-state index contributed by atoms with van der Waals surface area (Å²) in [6.45, 7) is 4.61. The average Bonchev–Trinajstić information content (AvgIpc) is 3.44. The number of fused-ring (bicyclic) bond motifs is 1. The molecular formula is C19H27NO3. The molecule has 1 N–H and O–H groups in total. The number of piperidine rings is 1. The summed E-state index contributed by atoms with van der Waals surface area (Å²) in [6.07, 6.45) is 6.09. The second-order valence-electron chi connectivity index (χ2n) is 7.21. The number of aliphatic hydroxyl groups excluding tert-OH is 1. The van der Waals surface area contributed by atoms with E-state index in [4.69, 9.17) is 9.47 Å². The summed E-state index contributed by atoms with van der Waals surface area (Å²) in [5, 5.41) is 11.0. The summed E-state index contributed by atoms with van der Waals surface area (Å²) in [5.41, 5.74) is 0.975. The fourth-order valence-corrected chi connectivity index (χ4v) is 3.96. The van der Waals surface area contributed by atoms with E-state index in [-0.39, 0.29) is 0 Å². The maximum atomic E-state index is 11.0. The first-order valence-electron chi connectivity index (χ1n) is 9.11. The van der Waals surface area contributed by atoms with Gasteiger partial charge in [0.15, 0.2) is 11.5 Å². The molecule has 0 amide bonds. The number of aliphatic hydroxyl groups is 1. The highest BCUT2D eigenvalue weighted by Gasteiger charge is 2.38. The van der Waals surface area contributed by atoms with Gasteiger partial charge in [0.2, 0.25) is 0 Å². The molecule has 3 aliphatic rings. The first kappa shape index (κ1) is 15.3. The Labute approximate surface area is 138 Å². The highest BCUT2D eigenvalue weighted by molar-refractivity contribution is 5.44. The largest absolute Gasteiger partial charge is 0.486 e. The van der Waals surface area contributed by atoms with E-state index in [1.165, 1.54) is 45.2 Å². The zero-order valence-electron chi connectivity index (χ0n) is 13.7. The lowest BCUT2D eigenvalue weighted by Gasteiger charge is -2.33. The van der Waals surface area contributed by atoms with Gasteiger partial charge in [0.05, 0.1) is 6.10 Å². The Morgan fingerprint density at radius 1 is 1.04 bits per heavy atom. The smallest absolute Gasteiger partial charge is 0.161 e. The van der Waals surface area contributed by atoms with Crippen LogP contribution in [-0.2, 0) is 0 Å². The molecule has 0 aromatic heterocycles. The minimum atomic E-state index is -0.403. The standard InChI is InChI=1S/C19H27NO3/c21-19(15-6-7-17-18(12-15)23-11-10-22-17)16(14-4-5-14)13-20-8-2-1-3-9-20/h6-7,12,14,16,19,21H,1-5,8-11,13H2/t16-,19+/m0/s1. The predicted molar refractivity (Wildman–Crippen MR) is 88.9 cm³/mol. The van der Waals surface area contributed by atoms with E-state index >= 15 is 0 Å². The second-order valence-corrected chi connectivity index (χ2v) is 7.21. The lowest BCUT2D eigenvalue weighted by atomic mass is 9.90. The van der Waals surface area contributed by atoms with Crippen LogP contribution in [0.25, 0.3) is 0 Å². The highest BCUT2D eigenvalue weighted by atomic mass is 16.6. The van der Waals surface area contributed by atoms with E-state index in [0.717, 1.165) is 23.6 Å². The summed E-state index contributed by atoms with van der Waals surface area (Å²) in [6, 6.07) is 5.92. The Hall–Kier alpha value is -1.26. The quantitative estimate of drug-likeness (QED) is 0.906. The SMILES string of the molecule is O[C@H](c1ccc2c(c1)OCCO2)[C@@H](CN1CCCCC1)C1CC1. The van der Waals surface area contributed by atoms with Crippen molar-refractivity contribution in [2.75, 3.05) is 32.8 Å². The van der Waals surface area contributed by atoms with E-state index in [1.54, 1.807) is 0 Å². The molecule has 4 rings (SSSR count). The molecule has 2 heterocycles. The first-order valence-corrected chi connectivity index (χ1v) is 9.11. The average molecular weight is 317 g/mol. The molecule has 1 saturated carbocycles.